The van der Waals surface area contributed by atoms with Crippen LogP contribution in [0.4, 0.5) is 0 Å². The molecular formula is C18H13NO5. The topological polar surface area (TPSA) is 66.4 Å². The van der Waals surface area contributed by atoms with Crippen molar-refractivity contribution in [2.75, 3.05) is 13.4 Å². The summed E-state index contributed by atoms with van der Waals surface area (Å²) in [6.07, 6.45) is 1.64. The van der Waals surface area contributed by atoms with Gasteiger partial charge in [0.2, 0.25) is 12.7 Å². The summed E-state index contributed by atoms with van der Waals surface area (Å²) in [5.41, 5.74) is 1.00. The van der Waals surface area contributed by atoms with Gasteiger partial charge in [-0.05, 0) is 35.9 Å². The zero-order valence-electron chi connectivity index (χ0n) is 12.6. The Morgan fingerprint density at radius 2 is 1.92 bits per heavy atom. The van der Waals surface area contributed by atoms with Crippen LogP contribution in [0.5, 0.6) is 17.2 Å². The van der Waals surface area contributed by atoms with Gasteiger partial charge in [0.05, 0.1) is 0 Å². The van der Waals surface area contributed by atoms with Gasteiger partial charge in [-0.2, -0.15) is 0 Å². The van der Waals surface area contributed by atoms with Crippen LogP contribution in [0.1, 0.15) is 5.56 Å². The fourth-order valence-corrected chi connectivity index (χ4v) is 2.34. The number of cyclic esters (lactones) is 1. The number of carbonyl (C=O) groups excluding carboxylic acids is 1. The van der Waals surface area contributed by atoms with Gasteiger partial charge in [0.1, 0.15) is 5.75 Å². The molecule has 4 rings (SSSR count). The van der Waals surface area contributed by atoms with Crippen molar-refractivity contribution in [3.8, 4) is 17.2 Å². The Morgan fingerprint density at radius 1 is 1.08 bits per heavy atom. The highest BCUT2D eigenvalue weighted by Gasteiger charge is 2.23. The van der Waals surface area contributed by atoms with Crippen molar-refractivity contribution < 1.29 is 23.7 Å². The lowest BCUT2D eigenvalue weighted by Gasteiger charge is -2.03. The van der Waals surface area contributed by atoms with Crippen LogP contribution in [0.2, 0.25) is 0 Å². The molecule has 6 nitrogen and oxygen atoms in total. The number of esters is 1. The Hall–Kier alpha value is -3.28. The van der Waals surface area contributed by atoms with Crippen molar-refractivity contribution in [2.45, 2.75) is 0 Å². The maximum Gasteiger partial charge on any atom is 0.363 e. The fraction of sp³-hybridized carbons (Fsp3) is 0.111. The van der Waals surface area contributed by atoms with Crippen LogP contribution in [0, 0.1) is 0 Å². The zero-order valence-corrected chi connectivity index (χ0v) is 12.6. The number of benzene rings is 2. The van der Waals surface area contributed by atoms with E-state index in [9.17, 15) is 4.79 Å². The third-order valence-electron chi connectivity index (χ3n) is 3.47. The van der Waals surface area contributed by atoms with Gasteiger partial charge in [-0.1, -0.05) is 24.3 Å². The highest BCUT2D eigenvalue weighted by Crippen LogP contribution is 2.33. The predicted octanol–water partition coefficient (Wildman–Crippen LogP) is 2.79. The lowest BCUT2D eigenvalue weighted by atomic mass is 10.1. The van der Waals surface area contributed by atoms with Crippen molar-refractivity contribution in [1.82, 2.24) is 0 Å². The second-order valence-electron chi connectivity index (χ2n) is 5.14. The number of hydrogen-bond acceptors (Lipinski definition) is 6. The number of para-hydroxylation sites is 1. The van der Waals surface area contributed by atoms with E-state index in [-0.39, 0.29) is 25.0 Å². The van der Waals surface area contributed by atoms with E-state index < -0.39 is 5.97 Å². The van der Waals surface area contributed by atoms with Crippen LogP contribution in [0.25, 0.3) is 6.08 Å². The molecular weight excluding hydrogens is 310 g/mol. The van der Waals surface area contributed by atoms with Crippen molar-refractivity contribution >= 4 is 17.9 Å². The first kappa shape index (κ1) is 14.3. The van der Waals surface area contributed by atoms with E-state index in [4.69, 9.17) is 18.9 Å². The Bertz CT molecular complexity index is 842. The van der Waals surface area contributed by atoms with Crippen LogP contribution in [-0.4, -0.2) is 25.3 Å². The second kappa shape index (κ2) is 6.08. The van der Waals surface area contributed by atoms with Gasteiger partial charge in [-0.25, -0.2) is 9.79 Å². The Morgan fingerprint density at radius 3 is 2.79 bits per heavy atom. The minimum absolute atomic E-state index is 0.0915. The van der Waals surface area contributed by atoms with Crippen molar-refractivity contribution in [3.05, 3.63) is 59.8 Å². The molecule has 0 aromatic heterocycles. The number of nitrogens with zero attached hydrogens (tertiary/aromatic N) is 1. The van der Waals surface area contributed by atoms with E-state index in [0.29, 0.717) is 17.2 Å². The Kier molecular flexibility index (Phi) is 3.63. The van der Waals surface area contributed by atoms with Crippen LogP contribution in [0.15, 0.2) is 59.2 Å². The molecule has 24 heavy (non-hydrogen) atoms. The molecule has 120 valence electrons. The standard InChI is InChI=1S/C18H13NO5/c20-18-14(8-12-6-7-15-16(9-12)23-11-22-15)19-17(24-18)10-21-13-4-2-1-3-5-13/h1-9H,10-11H2/b14-8+. The minimum atomic E-state index is -0.501. The van der Waals surface area contributed by atoms with Crippen LogP contribution >= 0.6 is 0 Å². The molecule has 0 fully saturated rings. The van der Waals surface area contributed by atoms with Gasteiger partial charge in [-0.3, -0.25) is 0 Å². The number of fused-ring (bicyclic) bond motifs is 1. The van der Waals surface area contributed by atoms with Gasteiger partial charge in [0, 0.05) is 0 Å². The van der Waals surface area contributed by atoms with Crippen LogP contribution in [0.3, 0.4) is 0 Å². The summed E-state index contributed by atoms with van der Waals surface area (Å²) in [7, 11) is 0. The largest absolute Gasteiger partial charge is 0.484 e. The average molecular weight is 323 g/mol. The van der Waals surface area contributed by atoms with Gasteiger partial charge >= 0.3 is 5.97 Å². The highest BCUT2D eigenvalue weighted by molar-refractivity contribution is 6.07. The average Bonchev–Trinajstić information content (AvgIpc) is 3.20. The quantitative estimate of drug-likeness (QED) is 0.639. The van der Waals surface area contributed by atoms with Gasteiger partial charge < -0.3 is 18.9 Å². The van der Waals surface area contributed by atoms with Crippen molar-refractivity contribution in [2.24, 2.45) is 4.99 Å². The molecule has 0 unspecified atom stereocenters. The summed E-state index contributed by atoms with van der Waals surface area (Å²) in [6, 6.07) is 14.7. The number of aliphatic imine (C=N–C) groups is 1. The first-order valence-electron chi connectivity index (χ1n) is 7.37. The zero-order chi connectivity index (χ0) is 16.4. The van der Waals surface area contributed by atoms with Crippen LogP contribution < -0.4 is 14.2 Å². The fourth-order valence-electron chi connectivity index (χ4n) is 2.34. The molecule has 0 saturated heterocycles. The first-order chi connectivity index (χ1) is 11.8. The normalized spacial score (nSPS) is 16.9. The number of hydrogen-bond donors (Lipinski definition) is 0. The minimum Gasteiger partial charge on any atom is -0.484 e. The summed E-state index contributed by atoms with van der Waals surface area (Å²) >= 11 is 0. The van der Waals surface area contributed by atoms with Gasteiger partial charge in [0.15, 0.2) is 23.8 Å². The SMILES string of the molecule is O=C1OC(COc2ccccc2)=N/C1=C/c1ccc2c(c1)OCO2. The molecule has 0 atom stereocenters. The number of rotatable bonds is 4. The Balaban J connectivity index is 1.49. The third kappa shape index (κ3) is 2.94. The lowest BCUT2D eigenvalue weighted by molar-refractivity contribution is -0.130. The molecule has 6 heteroatoms. The lowest BCUT2D eigenvalue weighted by Crippen LogP contribution is -2.13. The molecule has 0 saturated carbocycles. The van der Waals surface area contributed by atoms with E-state index in [2.05, 4.69) is 4.99 Å². The summed E-state index contributed by atoms with van der Waals surface area (Å²) in [4.78, 5) is 16.1. The molecule has 2 heterocycles. The molecule has 0 spiro atoms. The molecule has 2 aromatic carbocycles. The van der Waals surface area contributed by atoms with Gasteiger partial charge in [-0.15, -0.1) is 0 Å². The van der Waals surface area contributed by atoms with E-state index in [0.717, 1.165) is 5.56 Å². The molecule has 2 aliphatic rings. The summed E-state index contributed by atoms with van der Waals surface area (Å²) in [5, 5.41) is 0. The second-order valence-corrected chi connectivity index (χ2v) is 5.14. The van der Waals surface area contributed by atoms with Gasteiger partial charge in [0.25, 0.3) is 0 Å². The van der Waals surface area contributed by atoms with Crippen LogP contribution in [-0.2, 0) is 9.53 Å². The maximum atomic E-state index is 11.9. The molecule has 2 aromatic rings. The number of ether oxygens (including phenoxy) is 4. The molecule has 0 bridgehead atoms. The highest BCUT2D eigenvalue weighted by atomic mass is 16.7. The first-order valence-corrected chi connectivity index (χ1v) is 7.37. The predicted molar refractivity (Wildman–Crippen MR) is 86.0 cm³/mol. The molecule has 0 N–H and O–H groups in total. The Labute approximate surface area is 137 Å². The summed E-state index contributed by atoms with van der Waals surface area (Å²) in [5.74, 6) is 1.75. The third-order valence-corrected chi connectivity index (χ3v) is 3.47. The van der Waals surface area contributed by atoms with E-state index >= 15 is 0 Å². The van der Waals surface area contributed by atoms with Crippen molar-refractivity contribution in [3.63, 3.8) is 0 Å². The molecule has 2 aliphatic heterocycles. The molecule has 0 radical (unpaired) electrons. The van der Waals surface area contributed by atoms with Crippen molar-refractivity contribution in [1.29, 1.82) is 0 Å². The molecule has 0 aliphatic carbocycles. The number of carbonyl (C=O) groups is 1. The maximum absolute atomic E-state index is 11.9. The summed E-state index contributed by atoms with van der Waals surface area (Å²) < 4.78 is 21.2. The molecule has 0 amide bonds. The monoisotopic (exact) mass is 323 g/mol. The summed E-state index contributed by atoms with van der Waals surface area (Å²) in [6.45, 7) is 0.296. The van der Waals surface area contributed by atoms with E-state index in [1.165, 1.54) is 0 Å². The van der Waals surface area contributed by atoms with E-state index in [1.807, 2.05) is 36.4 Å². The smallest absolute Gasteiger partial charge is 0.363 e. The van der Waals surface area contributed by atoms with E-state index in [1.54, 1.807) is 18.2 Å².